The van der Waals surface area contributed by atoms with Crippen molar-refractivity contribution in [2.45, 2.75) is 155 Å². The number of hydrogen-bond donors (Lipinski definition) is 0. The molecule has 0 spiro atoms. The Bertz CT molecular complexity index is 355. The molecule has 0 aromatic carbocycles. The minimum absolute atomic E-state index is 0.680. The van der Waals surface area contributed by atoms with Gasteiger partial charge in [-0.25, -0.2) is 0 Å². The Morgan fingerprint density at radius 1 is 0.452 bits per heavy atom. The van der Waals surface area contributed by atoms with Crippen LogP contribution in [0.5, 0.6) is 0 Å². The monoisotopic (exact) mass is 520 g/mol. The van der Waals surface area contributed by atoms with Crippen LogP contribution in [0.15, 0.2) is 0 Å². The first-order valence-corrected chi connectivity index (χ1v) is 24.3. The number of hydrogen-bond acceptors (Lipinski definition) is 3. The molecule has 0 aliphatic heterocycles. The van der Waals surface area contributed by atoms with E-state index in [4.69, 9.17) is 8.23 Å². The molecule has 0 aromatic rings. The van der Waals surface area contributed by atoms with Crippen molar-refractivity contribution in [2.24, 2.45) is 0 Å². The zero-order valence-electron chi connectivity index (χ0n) is 22.5. The maximum Gasteiger partial charge on any atom is 0.239 e. The molecule has 0 bridgehead atoms. The molecule has 0 atom stereocenters. The van der Waals surface area contributed by atoms with Gasteiger partial charge in [-0.05, 0) is 48.4 Å². The minimum Gasteiger partial charge on any atom is -0.448 e. The van der Waals surface area contributed by atoms with E-state index in [1.54, 1.807) is 0 Å². The van der Waals surface area contributed by atoms with Crippen molar-refractivity contribution < 1.29 is 8.23 Å². The van der Waals surface area contributed by atoms with Crippen LogP contribution in [0.2, 0.25) is 48.4 Å². The van der Waals surface area contributed by atoms with Gasteiger partial charge in [-0.1, -0.05) is 107 Å². The second-order valence-electron chi connectivity index (χ2n) is 9.20. The van der Waals surface area contributed by atoms with Crippen LogP contribution < -0.4 is 0 Å². The summed E-state index contributed by atoms with van der Waals surface area (Å²) in [6.45, 7) is 18.9. The second-order valence-corrected chi connectivity index (χ2v) is 27.8. The van der Waals surface area contributed by atoms with Gasteiger partial charge in [-0.3, -0.25) is 0 Å². The van der Waals surface area contributed by atoms with Crippen LogP contribution in [0.25, 0.3) is 0 Å². The van der Waals surface area contributed by atoms with Gasteiger partial charge in [0.15, 0.2) is 18.1 Å². The molecule has 0 saturated heterocycles. The summed E-state index contributed by atoms with van der Waals surface area (Å²) in [7, 11) is -2.61. The summed E-state index contributed by atoms with van der Waals surface area (Å²) < 4.78 is 14.8. The summed E-state index contributed by atoms with van der Waals surface area (Å²) in [6, 6.07) is 10.7. The van der Waals surface area contributed by atoms with Gasteiger partial charge < -0.3 is 8.23 Å². The molecule has 2 radical (unpaired) electrons. The fourth-order valence-electron chi connectivity index (χ4n) is 4.66. The van der Waals surface area contributed by atoms with Gasteiger partial charge in [0.1, 0.15) is 0 Å². The van der Waals surface area contributed by atoms with E-state index in [0.29, 0.717) is 0 Å². The molecule has 0 N–H and O–H groups in total. The predicted molar refractivity (Wildman–Crippen MR) is 154 cm³/mol. The summed E-state index contributed by atoms with van der Waals surface area (Å²) in [4.78, 5) is 0. The highest BCUT2D eigenvalue weighted by atomic mass is 32.5. The Labute approximate surface area is 206 Å². The molecule has 0 rings (SSSR count). The van der Waals surface area contributed by atoms with E-state index in [0.717, 1.165) is 0 Å². The van der Waals surface area contributed by atoms with Crippen molar-refractivity contribution >= 4 is 43.7 Å². The lowest BCUT2D eigenvalue weighted by Gasteiger charge is -2.43. The SMILES string of the molecule is CCC[Si](CCC)O[Si](CCC)(CCC)S[Si](CCC)(CCC)O[Si](CCC)CCC. The van der Waals surface area contributed by atoms with Gasteiger partial charge in [-0.15, -0.1) is 0 Å². The number of rotatable bonds is 22. The minimum atomic E-state index is -1.84. The molecule has 0 heterocycles. The third-order valence-corrected chi connectivity index (χ3v) is 33.9. The molecule has 31 heavy (non-hydrogen) atoms. The Morgan fingerprint density at radius 2 is 0.710 bits per heavy atom. The zero-order chi connectivity index (χ0) is 23.6. The normalized spacial score (nSPS) is 13.0. The average molecular weight is 521 g/mol. The molecule has 186 valence electrons. The van der Waals surface area contributed by atoms with Crippen LogP contribution in [0.3, 0.4) is 0 Å². The molecule has 0 unspecified atom stereocenters. The van der Waals surface area contributed by atoms with Gasteiger partial charge in [-0.2, -0.15) is 10.7 Å². The second kappa shape index (κ2) is 19.4. The molecular weight excluding hydrogens is 465 g/mol. The summed E-state index contributed by atoms with van der Waals surface area (Å²) in [5.41, 5.74) is 0. The third kappa shape index (κ3) is 13.0. The molecule has 0 fully saturated rings. The van der Waals surface area contributed by atoms with E-state index >= 15 is 0 Å². The molecule has 7 heteroatoms. The van der Waals surface area contributed by atoms with Crippen LogP contribution in [-0.4, -0.2) is 33.0 Å². The van der Waals surface area contributed by atoms with Gasteiger partial charge in [0, 0.05) is 0 Å². The molecule has 0 aliphatic rings. The zero-order valence-corrected chi connectivity index (χ0v) is 27.4. The van der Waals surface area contributed by atoms with Crippen LogP contribution in [0, 0.1) is 0 Å². The van der Waals surface area contributed by atoms with Crippen molar-refractivity contribution in [3.05, 3.63) is 0 Å². The van der Waals surface area contributed by atoms with Crippen LogP contribution in [0.4, 0.5) is 0 Å². The highest BCUT2D eigenvalue weighted by Gasteiger charge is 2.48. The Morgan fingerprint density at radius 3 is 0.903 bits per heavy atom. The Hall–Kier alpha value is 1.14. The molecule has 0 aliphatic carbocycles. The van der Waals surface area contributed by atoms with E-state index in [2.05, 4.69) is 66.1 Å². The highest BCUT2D eigenvalue weighted by Crippen LogP contribution is 2.46. The third-order valence-electron chi connectivity index (χ3n) is 5.67. The topological polar surface area (TPSA) is 18.5 Å². The fourth-order valence-corrected chi connectivity index (χ4v) is 40.4. The van der Waals surface area contributed by atoms with Gasteiger partial charge in [0.05, 0.1) is 0 Å². The summed E-state index contributed by atoms with van der Waals surface area (Å²) >= 11 is 0. The maximum atomic E-state index is 7.42. The van der Waals surface area contributed by atoms with Crippen molar-refractivity contribution in [1.82, 2.24) is 0 Å². The van der Waals surface area contributed by atoms with E-state index in [1.807, 2.05) is 0 Å². The van der Waals surface area contributed by atoms with Gasteiger partial charge in [0.25, 0.3) is 0 Å². The van der Waals surface area contributed by atoms with Crippen LogP contribution >= 0.6 is 10.7 Å². The lowest BCUT2D eigenvalue weighted by atomic mass is 10.6. The van der Waals surface area contributed by atoms with Gasteiger partial charge in [0.2, 0.25) is 14.9 Å². The predicted octanol–water partition coefficient (Wildman–Crippen LogP) is 9.90. The van der Waals surface area contributed by atoms with Crippen molar-refractivity contribution in [3.8, 4) is 0 Å². The average Bonchev–Trinajstić information content (AvgIpc) is 2.69. The lowest BCUT2D eigenvalue weighted by Crippen LogP contribution is -2.50. The smallest absolute Gasteiger partial charge is 0.239 e. The standard InChI is InChI=1S/C24H56O2SSi4/c1-9-17-28(18-10-2)25-30(21-13-5,22-14-6)27-31(23-15-7,24-16-8)26-29(19-11-3)20-12-4/h9-24H2,1-8H3. The molecule has 0 amide bonds. The Balaban J connectivity index is 6.05. The first-order chi connectivity index (χ1) is 14.9. The summed E-state index contributed by atoms with van der Waals surface area (Å²) in [5.74, 6) is 0. The van der Waals surface area contributed by atoms with Crippen LogP contribution in [-0.2, 0) is 8.23 Å². The molecule has 0 aromatic heterocycles. The summed E-state index contributed by atoms with van der Waals surface area (Å²) in [6.07, 6.45) is 10.2. The van der Waals surface area contributed by atoms with Crippen molar-refractivity contribution in [1.29, 1.82) is 0 Å². The van der Waals surface area contributed by atoms with E-state index in [9.17, 15) is 0 Å². The molecule has 2 nitrogen and oxygen atoms in total. The highest BCUT2D eigenvalue weighted by molar-refractivity contribution is 8.49. The van der Waals surface area contributed by atoms with Gasteiger partial charge >= 0.3 is 0 Å². The maximum absolute atomic E-state index is 7.42. The largest absolute Gasteiger partial charge is 0.448 e. The Kier molecular flexibility index (Phi) is 20.2. The summed E-state index contributed by atoms with van der Waals surface area (Å²) in [5, 5.41) is 0. The van der Waals surface area contributed by atoms with Crippen molar-refractivity contribution in [2.75, 3.05) is 0 Å². The van der Waals surface area contributed by atoms with E-state index in [-0.39, 0.29) is 0 Å². The first-order valence-electron chi connectivity index (χ1n) is 13.7. The first kappa shape index (κ1) is 32.1. The van der Waals surface area contributed by atoms with E-state index < -0.39 is 33.0 Å². The quantitative estimate of drug-likeness (QED) is 0.132. The van der Waals surface area contributed by atoms with Crippen LogP contribution in [0.1, 0.15) is 107 Å². The molecular formula is C24H56O2SSi4. The fraction of sp³-hybridized carbons (Fsp3) is 1.00. The molecule has 0 saturated carbocycles. The lowest BCUT2D eigenvalue weighted by molar-refractivity contribution is 0.545. The van der Waals surface area contributed by atoms with Crippen molar-refractivity contribution in [3.63, 3.8) is 0 Å². The van der Waals surface area contributed by atoms with E-state index in [1.165, 1.54) is 99.7 Å².